The van der Waals surface area contributed by atoms with Crippen molar-refractivity contribution < 1.29 is 9.47 Å². The quantitative estimate of drug-likeness (QED) is 0.852. The van der Waals surface area contributed by atoms with Crippen molar-refractivity contribution in [1.29, 1.82) is 0 Å². The number of piperidine rings is 1. The molecule has 0 saturated carbocycles. The fourth-order valence-electron chi connectivity index (χ4n) is 3.15. The second-order valence-corrected chi connectivity index (χ2v) is 6.47. The highest BCUT2D eigenvalue weighted by Crippen LogP contribution is 2.36. The van der Waals surface area contributed by atoms with Crippen molar-refractivity contribution >= 4 is 17.4 Å². The molecule has 1 aromatic heterocycles. The number of hydrogen-bond acceptors (Lipinski definition) is 6. The summed E-state index contributed by atoms with van der Waals surface area (Å²) >= 11 is 6.28. The van der Waals surface area contributed by atoms with Gasteiger partial charge in [0.2, 0.25) is 0 Å². The molecule has 6 nitrogen and oxygen atoms in total. The highest BCUT2D eigenvalue weighted by molar-refractivity contribution is 6.32. The van der Waals surface area contributed by atoms with E-state index in [4.69, 9.17) is 21.1 Å². The van der Waals surface area contributed by atoms with Crippen LogP contribution in [0.4, 0.5) is 5.82 Å². The first-order chi connectivity index (χ1) is 12.2. The number of benzene rings is 1. The van der Waals surface area contributed by atoms with Crippen molar-refractivity contribution in [2.45, 2.75) is 25.4 Å². The molecular weight excluding hydrogens is 340 g/mol. The van der Waals surface area contributed by atoms with Crippen LogP contribution in [0.2, 0.25) is 5.02 Å². The SMILES string of the molecule is COc1cc(CNC2CCCN(c3cccnn3)C2)cc(Cl)c1OC. The Hall–Kier alpha value is -2.05. The van der Waals surface area contributed by atoms with Crippen molar-refractivity contribution in [3.63, 3.8) is 0 Å². The van der Waals surface area contributed by atoms with Gasteiger partial charge in [-0.2, -0.15) is 5.10 Å². The van der Waals surface area contributed by atoms with Crippen LogP contribution in [0.5, 0.6) is 11.5 Å². The number of anilines is 1. The maximum atomic E-state index is 6.28. The fourth-order valence-corrected chi connectivity index (χ4v) is 3.46. The Labute approximate surface area is 153 Å². The molecule has 25 heavy (non-hydrogen) atoms. The molecule has 2 heterocycles. The normalized spacial score (nSPS) is 17.4. The van der Waals surface area contributed by atoms with E-state index < -0.39 is 0 Å². The van der Waals surface area contributed by atoms with Gasteiger partial charge in [0.05, 0.1) is 19.2 Å². The van der Waals surface area contributed by atoms with Crippen molar-refractivity contribution in [3.8, 4) is 11.5 Å². The lowest BCUT2D eigenvalue weighted by molar-refractivity contribution is 0.354. The van der Waals surface area contributed by atoms with Crippen molar-refractivity contribution in [2.24, 2.45) is 0 Å². The first-order valence-electron chi connectivity index (χ1n) is 8.37. The lowest BCUT2D eigenvalue weighted by Gasteiger charge is -2.33. The number of halogens is 1. The second-order valence-electron chi connectivity index (χ2n) is 6.06. The summed E-state index contributed by atoms with van der Waals surface area (Å²) in [5.74, 6) is 2.15. The van der Waals surface area contributed by atoms with Gasteiger partial charge < -0.3 is 19.7 Å². The maximum absolute atomic E-state index is 6.28. The molecule has 0 aliphatic carbocycles. The molecule has 1 aliphatic rings. The third-order valence-corrected chi connectivity index (χ3v) is 4.67. The molecule has 1 saturated heterocycles. The van der Waals surface area contributed by atoms with Crippen LogP contribution in [0, 0.1) is 0 Å². The number of methoxy groups -OCH3 is 2. The largest absolute Gasteiger partial charge is 0.493 e. The zero-order valence-electron chi connectivity index (χ0n) is 14.5. The molecule has 0 amide bonds. The van der Waals surface area contributed by atoms with E-state index >= 15 is 0 Å². The summed E-state index contributed by atoms with van der Waals surface area (Å²) in [5.41, 5.74) is 1.07. The highest BCUT2D eigenvalue weighted by Gasteiger charge is 2.21. The molecule has 1 aliphatic heterocycles. The summed E-state index contributed by atoms with van der Waals surface area (Å²) in [6, 6.07) is 8.19. The van der Waals surface area contributed by atoms with Crippen LogP contribution >= 0.6 is 11.6 Å². The van der Waals surface area contributed by atoms with Crippen LogP contribution in [-0.2, 0) is 6.54 Å². The van der Waals surface area contributed by atoms with E-state index in [9.17, 15) is 0 Å². The molecule has 1 aromatic carbocycles. The van der Waals surface area contributed by atoms with Crippen LogP contribution in [0.3, 0.4) is 0 Å². The molecule has 3 rings (SSSR count). The van der Waals surface area contributed by atoms with E-state index in [1.807, 2.05) is 24.3 Å². The van der Waals surface area contributed by atoms with E-state index in [-0.39, 0.29) is 0 Å². The van der Waals surface area contributed by atoms with Gasteiger partial charge in [0.1, 0.15) is 0 Å². The molecule has 134 valence electrons. The van der Waals surface area contributed by atoms with Crippen molar-refractivity contribution in [3.05, 3.63) is 41.0 Å². The van der Waals surface area contributed by atoms with Crippen LogP contribution in [0.1, 0.15) is 18.4 Å². The average Bonchev–Trinajstić information content (AvgIpc) is 2.66. The summed E-state index contributed by atoms with van der Waals surface area (Å²) < 4.78 is 10.6. The predicted molar refractivity (Wildman–Crippen MR) is 98.7 cm³/mol. The number of nitrogens with one attached hydrogen (secondary N) is 1. The molecule has 1 fully saturated rings. The Morgan fingerprint density at radius 1 is 1.32 bits per heavy atom. The minimum absolute atomic E-state index is 0.391. The van der Waals surface area contributed by atoms with Crippen LogP contribution in [0.25, 0.3) is 0 Å². The Kier molecular flexibility index (Phi) is 5.94. The second kappa shape index (κ2) is 8.36. The predicted octanol–water partition coefficient (Wildman–Crippen LogP) is 2.91. The lowest BCUT2D eigenvalue weighted by Crippen LogP contribution is -2.45. The van der Waals surface area contributed by atoms with E-state index in [0.717, 1.165) is 43.9 Å². The number of aromatic nitrogens is 2. The topological polar surface area (TPSA) is 59.5 Å². The molecule has 1 unspecified atom stereocenters. The molecule has 0 bridgehead atoms. The van der Waals surface area contributed by atoms with Gasteiger partial charge in [-0.15, -0.1) is 5.10 Å². The molecule has 0 radical (unpaired) electrons. The molecule has 1 atom stereocenters. The Morgan fingerprint density at radius 2 is 2.20 bits per heavy atom. The standard InChI is InChI=1S/C18H23ClN4O2/c1-24-16-10-13(9-15(19)18(16)25-2)11-20-14-5-4-8-23(12-14)17-6-3-7-21-22-17/h3,6-7,9-10,14,20H,4-5,8,11-12H2,1-2H3. The van der Waals surface area contributed by atoms with Gasteiger partial charge in [-0.1, -0.05) is 11.6 Å². The zero-order chi connectivity index (χ0) is 17.6. The third-order valence-electron chi connectivity index (χ3n) is 4.39. The van der Waals surface area contributed by atoms with E-state index in [1.165, 1.54) is 0 Å². The maximum Gasteiger partial charge on any atom is 0.179 e. The molecule has 2 aromatic rings. The molecular formula is C18H23ClN4O2. The monoisotopic (exact) mass is 362 g/mol. The van der Waals surface area contributed by atoms with Gasteiger partial charge in [-0.25, -0.2) is 0 Å². The van der Waals surface area contributed by atoms with Gasteiger partial charge in [0.15, 0.2) is 17.3 Å². The first-order valence-corrected chi connectivity index (χ1v) is 8.75. The van der Waals surface area contributed by atoms with Gasteiger partial charge in [-0.3, -0.25) is 0 Å². The average molecular weight is 363 g/mol. The Balaban J connectivity index is 1.62. The van der Waals surface area contributed by atoms with Gasteiger partial charge in [0.25, 0.3) is 0 Å². The zero-order valence-corrected chi connectivity index (χ0v) is 15.3. The van der Waals surface area contributed by atoms with E-state index in [0.29, 0.717) is 22.6 Å². The summed E-state index contributed by atoms with van der Waals surface area (Å²) in [7, 11) is 3.20. The highest BCUT2D eigenvalue weighted by atomic mass is 35.5. The first kappa shape index (κ1) is 17.8. The summed E-state index contributed by atoms with van der Waals surface area (Å²) in [6.07, 6.45) is 3.96. The Bertz CT molecular complexity index is 699. The summed E-state index contributed by atoms with van der Waals surface area (Å²) in [5, 5.41) is 12.3. The van der Waals surface area contributed by atoms with Gasteiger partial charge in [0, 0.05) is 31.9 Å². The molecule has 7 heteroatoms. The smallest absolute Gasteiger partial charge is 0.179 e. The lowest BCUT2D eigenvalue weighted by atomic mass is 10.1. The molecule has 1 N–H and O–H groups in total. The van der Waals surface area contributed by atoms with Crippen LogP contribution in [0.15, 0.2) is 30.5 Å². The number of rotatable bonds is 6. The summed E-state index contributed by atoms with van der Waals surface area (Å²) in [4.78, 5) is 2.27. The minimum Gasteiger partial charge on any atom is -0.493 e. The molecule has 0 spiro atoms. The van der Waals surface area contributed by atoms with E-state index in [2.05, 4.69) is 20.4 Å². The Morgan fingerprint density at radius 3 is 2.92 bits per heavy atom. The van der Waals surface area contributed by atoms with Crippen molar-refractivity contribution in [2.75, 3.05) is 32.2 Å². The van der Waals surface area contributed by atoms with Crippen LogP contribution in [-0.4, -0.2) is 43.5 Å². The minimum atomic E-state index is 0.391. The van der Waals surface area contributed by atoms with E-state index in [1.54, 1.807) is 20.4 Å². The van der Waals surface area contributed by atoms with Crippen molar-refractivity contribution in [1.82, 2.24) is 15.5 Å². The van der Waals surface area contributed by atoms with Gasteiger partial charge >= 0.3 is 0 Å². The van der Waals surface area contributed by atoms with Crippen LogP contribution < -0.4 is 19.7 Å². The van der Waals surface area contributed by atoms with Gasteiger partial charge in [-0.05, 0) is 42.7 Å². The number of ether oxygens (including phenoxy) is 2. The number of hydrogen-bond donors (Lipinski definition) is 1. The fraction of sp³-hybridized carbons (Fsp3) is 0.444. The third kappa shape index (κ3) is 4.32. The number of nitrogens with zero attached hydrogens (tertiary/aromatic N) is 3. The summed E-state index contributed by atoms with van der Waals surface area (Å²) in [6.45, 7) is 2.65.